The zero-order valence-corrected chi connectivity index (χ0v) is 20.4. The lowest BCUT2D eigenvalue weighted by molar-refractivity contribution is 0.0947. The third-order valence-corrected chi connectivity index (χ3v) is 6.50. The van der Waals surface area contributed by atoms with Gasteiger partial charge in [0.15, 0.2) is 0 Å². The minimum Gasteiger partial charge on any atom is -0.351 e. The van der Waals surface area contributed by atoms with Gasteiger partial charge in [0.25, 0.3) is 17.0 Å². The summed E-state index contributed by atoms with van der Waals surface area (Å²) in [5.74, 6) is -0.143. The smallest absolute Gasteiger partial charge is 0.272 e. The lowest BCUT2D eigenvalue weighted by Gasteiger charge is -2.28. The lowest BCUT2D eigenvalue weighted by Crippen LogP contribution is -2.46. The van der Waals surface area contributed by atoms with Gasteiger partial charge in [-0.2, -0.15) is 0 Å². The molecule has 1 aliphatic rings. The van der Waals surface area contributed by atoms with Crippen molar-refractivity contribution in [3.05, 3.63) is 138 Å². The number of nitrogens with one attached hydrogen (secondary N) is 3. The predicted molar refractivity (Wildman–Crippen MR) is 145 cm³/mol. The van der Waals surface area contributed by atoms with E-state index in [4.69, 9.17) is 0 Å². The Morgan fingerprint density at radius 1 is 0.784 bits per heavy atom. The van der Waals surface area contributed by atoms with Gasteiger partial charge in [-0.3, -0.25) is 19.3 Å². The van der Waals surface area contributed by atoms with Crippen LogP contribution in [-0.4, -0.2) is 40.4 Å². The van der Waals surface area contributed by atoms with Crippen LogP contribution in [0.15, 0.2) is 88.5 Å². The molecule has 3 N–H and O–H groups in total. The van der Waals surface area contributed by atoms with E-state index in [0.29, 0.717) is 17.7 Å². The normalized spacial score (nSPS) is 14.4. The first-order chi connectivity index (χ1) is 18.0. The Kier molecular flexibility index (Phi) is 7.23. The number of carbonyl (C=O) groups is 1. The highest BCUT2D eigenvalue weighted by atomic mass is 16.2. The number of amides is 1. The number of H-pyrrole nitrogens is 2. The predicted octanol–water partition coefficient (Wildman–Crippen LogP) is 1.51. The second-order valence-corrected chi connectivity index (χ2v) is 9.11. The van der Waals surface area contributed by atoms with Crippen LogP contribution in [0.2, 0.25) is 0 Å². The Morgan fingerprint density at radius 2 is 1.38 bits per heavy atom. The van der Waals surface area contributed by atoms with Crippen LogP contribution in [0.25, 0.3) is 12.2 Å². The lowest BCUT2D eigenvalue weighted by atomic mass is 10.00. The molecule has 0 bridgehead atoms. The summed E-state index contributed by atoms with van der Waals surface area (Å²) in [6.07, 6.45) is 4.24. The van der Waals surface area contributed by atoms with Crippen LogP contribution in [0.4, 0.5) is 0 Å². The SMILES string of the molecule is O=C(NCCN1CCc2ccccc2C1)c1ccc(/C=c2\[nH]c(=O)/c(=C/c3ccccc3)[nH]c2=O)cc1. The summed E-state index contributed by atoms with van der Waals surface area (Å²) in [6, 6.07) is 24.7. The fourth-order valence-electron chi connectivity index (χ4n) is 4.48. The first kappa shape index (κ1) is 24.2. The van der Waals surface area contributed by atoms with E-state index < -0.39 is 5.56 Å². The van der Waals surface area contributed by atoms with Crippen molar-refractivity contribution in [1.82, 2.24) is 20.2 Å². The zero-order chi connectivity index (χ0) is 25.6. The maximum absolute atomic E-state index is 12.6. The van der Waals surface area contributed by atoms with Gasteiger partial charge in [0, 0.05) is 31.7 Å². The fraction of sp³-hybridized carbons (Fsp3) is 0.167. The first-order valence-electron chi connectivity index (χ1n) is 12.3. The number of fused-ring (bicyclic) bond motifs is 1. The molecule has 37 heavy (non-hydrogen) atoms. The van der Waals surface area contributed by atoms with Crippen molar-refractivity contribution < 1.29 is 4.79 Å². The summed E-state index contributed by atoms with van der Waals surface area (Å²) < 4.78 is 0. The van der Waals surface area contributed by atoms with Gasteiger partial charge < -0.3 is 15.3 Å². The molecule has 4 aromatic rings. The fourth-order valence-corrected chi connectivity index (χ4v) is 4.48. The minimum atomic E-state index is -0.399. The molecule has 3 aromatic carbocycles. The number of carbonyl (C=O) groups excluding carboxylic acids is 1. The number of aromatic nitrogens is 2. The van der Waals surface area contributed by atoms with E-state index in [1.165, 1.54) is 11.1 Å². The summed E-state index contributed by atoms with van der Waals surface area (Å²) in [4.78, 5) is 45.2. The van der Waals surface area contributed by atoms with Crippen LogP contribution in [0, 0.1) is 0 Å². The molecule has 0 saturated carbocycles. The van der Waals surface area contributed by atoms with Crippen molar-refractivity contribution in [1.29, 1.82) is 0 Å². The molecule has 1 aromatic heterocycles. The molecule has 7 heteroatoms. The van der Waals surface area contributed by atoms with Crippen molar-refractivity contribution in [3.8, 4) is 0 Å². The molecule has 0 spiro atoms. The van der Waals surface area contributed by atoms with Gasteiger partial charge >= 0.3 is 0 Å². The average Bonchev–Trinajstić information content (AvgIpc) is 2.92. The number of nitrogens with zero attached hydrogens (tertiary/aromatic N) is 1. The van der Waals surface area contributed by atoms with E-state index in [0.717, 1.165) is 31.6 Å². The quantitative estimate of drug-likeness (QED) is 0.380. The van der Waals surface area contributed by atoms with E-state index >= 15 is 0 Å². The average molecular weight is 493 g/mol. The van der Waals surface area contributed by atoms with Gasteiger partial charge in [-0.15, -0.1) is 0 Å². The molecule has 0 unspecified atom stereocenters. The van der Waals surface area contributed by atoms with Gasteiger partial charge in [-0.1, -0.05) is 66.7 Å². The second-order valence-electron chi connectivity index (χ2n) is 9.11. The molecule has 0 atom stereocenters. The molecule has 186 valence electrons. The van der Waals surface area contributed by atoms with Gasteiger partial charge in [-0.25, -0.2) is 0 Å². The number of benzene rings is 3. The van der Waals surface area contributed by atoms with Crippen molar-refractivity contribution in [2.75, 3.05) is 19.6 Å². The molecular formula is C30H28N4O3. The highest BCUT2D eigenvalue weighted by Gasteiger charge is 2.15. The van der Waals surface area contributed by atoms with Gasteiger partial charge in [-0.05, 0) is 53.0 Å². The van der Waals surface area contributed by atoms with E-state index in [-0.39, 0.29) is 22.2 Å². The molecule has 0 fully saturated rings. The monoisotopic (exact) mass is 492 g/mol. The molecule has 2 heterocycles. The Bertz CT molecular complexity index is 1640. The summed E-state index contributed by atoms with van der Waals surface area (Å²) in [7, 11) is 0. The molecule has 7 nitrogen and oxygen atoms in total. The molecular weight excluding hydrogens is 464 g/mol. The number of rotatable bonds is 6. The van der Waals surface area contributed by atoms with Crippen LogP contribution >= 0.6 is 0 Å². The largest absolute Gasteiger partial charge is 0.351 e. The summed E-state index contributed by atoms with van der Waals surface area (Å²) in [5.41, 5.74) is 4.03. The molecule has 1 aliphatic heterocycles. The highest BCUT2D eigenvalue weighted by Crippen LogP contribution is 2.17. The third kappa shape index (κ3) is 6.02. The molecule has 5 rings (SSSR count). The minimum absolute atomic E-state index is 0.143. The summed E-state index contributed by atoms with van der Waals surface area (Å²) in [5, 5.41) is 3.32. The van der Waals surface area contributed by atoms with E-state index in [2.05, 4.69) is 44.5 Å². The van der Waals surface area contributed by atoms with E-state index in [9.17, 15) is 14.4 Å². The molecule has 0 aliphatic carbocycles. The van der Waals surface area contributed by atoms with Crippen LogP contribution in [0.1, 0.15) is 32.6 Å². The molecule has 1 amide bonds. The van der Waals surface area contributed by atoms with Crippen molar-refractivity contribution in [2.24, 2.45) is 0 Å². The maximum Gasteiger partial charge on any atom is 0.272 e. The standard InChI is InChI=1S/C30H28N4O3/c35-28(31-15-17-34-16-14-23-8-4-5-9-25(23)20-34)24-12-10-22(11-13-24)19-27-30(37)32-26(29(36)33-27)18-21-6-2-1-3-7-21/h1-13,18-19H,14-17,20H2,(H,31,35)(H,32,37)(H,33,36)/b26-18-,27-19-. The van der Waals surface area contributed by atoms with E-state index in [1.807, 2.05) is 30.3 Å². The van der Waals surface area contributed by atoms with Crippen LogP contribution in [0.5, 0.6) is 0 Å². The van der Waals surface area contributed by atoms with Crippen LogP contribution < -0.4 is 27.1 Å². The Hall–Kier alpha value is -4.49. The van der Waals surface area contributed by atoms with Gasteiger partial charge in [0.1, 0.15) is 10.7 Å². The zero-order valence-electron chi connectivity index (χ0n) is 20.4. The van der Waals surface area contributed by atoms with Crippen LogP contribution in [0.3, 0.4) is 0 Å². The summed E-state index contributed by atoms with van der Waals surface area (Å²) >= 11 is 0. The van der Waals surface area contributed by atoms with Crippen molar-refractivity contribution in [3.63, 3.8) is 0 Å². The van der Waals surface area contributed by atoms with E-state index in [1.54, 1.807) is 36.4 Å². The summed E-state index contributed by atoms with van der Waals surface area (Å²) in [6.45, 7) is 3.25. The topological polar surface area (TPSA) is 98.1 Å². The Balaban J connectivity index is 1.21. The Morgan fingerprint density at radius 3 is 2.05 bits per heavy atom. The Labute approximate surface area is 213 Å². The third-order valence-electron chi connectivity index (χ3n) is 6.50. The van der Waals surface area contributed by atoms with Crippen molar-refractivity contribution in [2.45, 2.75) is 13.0 Å². The van der Waals surface area contributed by atoms with Gasteiger partial charge in [0.05, 0.1) is 0 Å². The van der Waals surface area contributed by atoms with Gasteiger partial charge in [0.2, 0.25) is 0 Å². The number of hydrogen-bond acceptors (Lipinski definition) is 4. The van der Waals surface area contributed by atoms with Crippen molar-refractivity contribution >= 4 is 18.1 Å². The molecule has 0 saturated heterocycles. The number of aromatic amines is 2. The second kappa shape index (κ2) is 11.1. The molecule has 0 radical (unpaired) electrons. The number of hydrogen-bond donors (Lipinski definition) is 3. The first-order valence-corrected chi connectivity index (χ1v) is 12.3. The maximum atomic E-state index is 12.6. The highest BCUT2D eigenvalue weighted by molar-refractivity contribution is 5.94. The van der Waals surface area contributed by atoms with Crippen LogP contribution in [-0.2, 0) is 13.0 Å².